The summed E-state index contributed by atoms with van der Waals surface area (Å²) in [6.07, 6.45) is 3.26. The van der Waals surface area contributed by atoms with Crippen molar-refractivity contribution >= 4 is 11.9 Å². The summed E-state index contributed by atoms with van der Waals surface area (Å²) in [4.78, 5) is 12.3. The zero-order valence-corrected chi connectivity index (χ0v) is 18.0. The molecule has 7 nitrogen and oxygen atoms in total. The molecule has 0 N–H and O–H groups in total. The molecule has 0 spiro atoms. The standard InChI is InChI=1S/C26H22N2O5/c1-30-24-16-19(12-14-22(29)20-8-4-2-5-9-20)13-15-23(24)32-18-26-28-27-25(33-26)17-31-21-10-6-3-7-11-21/h2-16H,17-18H2,1H3/b14-12+. The molecule has 4 rings (SSSR count). The zero-order valence-electron chi connectivity index (χ0n) is 18.0. The highest BCUT2D eigenvalue weighted by Crippen LogP contribution is 2.29. The lowest BCUT2D eigenvalue weighted by Gasteiger charge is -2.10. The molecular weight excluding hydrogens is 420 g/mol. The number of aromatic nitrogens is 2. The first-order chi connectivity index (χ1) is 16.2. The van der Waals surface area contributed by atoms with Crippen LogP contribution in [0.3, 0.4) is 0 Å². The fourth-order valence-electron chi connectivity index (χ4n) is 2.98. The van der Waals surface area contributed by atoms with Crippen LogP contribution in [-0.2, 0) is 13.2 Å². The maximum absolute atomic E-state index is 12.3. The Bertz CT molecular complexity index is 1220. The van der Waals surface area contributed by atoms with E-state index in [1.807, 2.05) is 54.6 Å². The Labute approximate surface area is 191 Å². The molecule has 0 unspecified atom stereocenters. The van der Waals surface area contributed by atoms with Crippen LogP contribution < -0.4 is 14.2 Å². The van der Waals surface area contributed by atoms with Gasteiger partial charge in [-0.15, -0.1) is 10.2 Å². The zero-order chi connectivity index (χ0) is 22.9. The summed E-state index contributed by atoms with van der Waals surface area (Å²) in [6, 6.07) is 23.9. The number of benzene rings is 3. The molecule has 0 aliphatic heterocycles. The van der Waals surface area contributed by atoms with Gasteiger partial charge in [0.05, 0.1) is 7.11 Å². The van der Waals surface area contributed by atoms with Crippen LogP contribution in [0, 0.1) is 0 Å². The summed E-state index contributed by atoms with van der Waals surface area (Å²) in [6.45, 7) is 0.249. The summed E-state index contributed by atoms with van der Waals surface area (Å²) in [5.74, 6) is 2.37. The van der Waals surface area contributed by atoms with Gasteiger partial charge in [0.15, 0.2) is 30.5 Å². The average molecular weight is 442 g/mol. The lowest BCUT2D eigenvalue weighted by Crippen LogP contribution is -1.98. The van der Waals surface area contributed by atoms with Gasteiger partial charge in [-0.05, 0) is 35.9 Å². The van der Waals surface area contributed by atoms with E-state index in [1.165, 1.54) is 6.08 Å². The number of ether oxygens (including phenoxy) is 3. The highest BCUT2D eigenvalue weighted by Gasteiger charge is 2.11. The van der Waals surface area contributed by atoms with E-state index >= 15 is 0 Å². The number of para-hydroxylation sites is 1. The SMILES string of the molecule is COc1cc(/C=C/C(=O)c2ccccc2)ccc1OCc1nnc(COc2ccccc2)o1. The minimum atomic E-state index is -0.0710. The van der Waals surface area contributed by atoms with Crippen molar-refractivity contribution in [1.82, 2.24) is 10.2 Å². The maximum Gasteiger partial charge on any atom is 0.254 e. The third-order valence-corrected chi connectivity index (χ3v) is 4.64. The van der Waals surface area contributed by atoms with Gasteiger partial charge in [-0.1, -0.05) is 60.7 Å². The van der Waals surface area contributed by atoms with Crippen molar-refractivity contribution < 1.29 is 23.4 Å². The van der Waals surface area contributed by atoms with Crippen LogP contribution >= 0.6 is 0 Å². The third-order valence-electron chi connectivity index (χ3n) is 4.64. The Balaban J connectivity index is 1.34. The summed E-state index contributed by atoms with van der Waals surface area (Å²) >= 11 is 0. The van der Waals surface area contributed by atoms with E-state index in [9.17, 15) is 4.79 Å². The van der Waals surface area contributed by atoms with Gasteiger partial charge in [-0.25, -0.2) is 0 Å². The van der Waals surface area contributed by atoms with Crippen molar-refractivity contribution in [2.45, 2.75) is 13.2 Å². The van der Waals surface area contributed by atoms with Crippen LogP contribution in [0.2, 0.25) is 0 Å². The van der Waals surface area contributed by atoms with E-state index in [4.69, 9.17) is 18.6 Å². The Kier molecular flexibility index (Phi) is 7.12. The largest absolute Gasteiger partial charge is 0.493 e. The molecule has 33 heavy (non-hydrogen) atoms. The van der Waals surface area contributed by atoms with E-state index in [0.29, 0.717) is 28.8 Å². The topological polar surface area (TPSA) is 83.7 Å². The molecule has 1 aromatic heterocycles. The Hall–Kier alpha value is -4.39. The van der Waals surface area contributed by atoms with Crippen molar-refractivity contribution in [3.63, 3.8) is 0 Å². The quantitative estimate of drug-likeness (QED) is 0.249. The van der Waals surface area contributed by atoms with E-state index in [2.05, 4.69) is 10.2 Å². The van der Waals surface area contributed by atoms with Crippen LogP contribution in [0.4, 0.5) is 0 Å². The fourth-order valence-corrected chi connectivity index (χ4v) is 2.98. The van der Waals surface area contributed by atoms with Crippen molar-refractivity contribution in [2.24, 2.45) is 0 Å². The van der Waals surface area contributed by atoms with Crippen molar-refractivity contribution in [3.05, 3.63) is 108 Å². The number of rotatable bonds is 10. The predicted molar refractivity (Wildman–Crippen MR) is 122 cm³/mol. The molecule has 3 aromatic carbocycles. The predicted octanol–water partition coefficient (Wildman–Crippen LogP) is 5.13. The lowest BCUT2D eigenvalue weighted by atomic mass is 10.1. The van der Waals surface area contributed by atoms with Crippen LogP contribution in [0.15, 0.2) is 89.4 Å². The number of carbonyl (C=O) groups is 1. The Morgan fingerprint density at radius 1 is 0.848 bits per heavy atom. The second-order valence-corrected chi connectivity index (χ2v) is 6.95. The molecule has 0 amide bonds. The molecule has 0 saturated heterocycles. The molecule has 0 fully saturated rings. The molecule has 0 radical (unpaired) electrons. The number of allylic oxidation sites excluding steroid dienone is 1. The van der Waals surface area contributed by atoms with E-state index in [0.717, 1.165) is 11.3 Å². The van der Waals surface area contributed by atoms with Crippen LogP contribution in [0.1, 0.15) is 27.7 Å². The molecule has 1 heterocycles. The molecule has 0 atom stereocenters. The number of ketones is 1. The first-order valence-electron chi connectivity index (χ1n) is 10.3. The van der Waals surface area contributed by atoms with Crippen LogP contribution in [0.5, 0.6) is 17.2 Å². The van der Waals surface area contributed by atoms with Crippen LogP contribution in [-0.4, -0.2) is 23.1 Å². The number of hydrogen-bond acceptors (Lipinski definition) is 7. The van der Waals surface area contributed by atoms with Gasteiger partial charge < -0.3 is 18.6 Å². The van der Waals surface area contributed by atoms with Crippen LogP contribution in [0.25, 0.3) is 6.08 Å². The lowest BCUT2D eigenvalue weighted by molar-refractivity contribution is 0.104. The second-order valence-electron chi connectivity index (χ2n) is 6.95. The molecular formula is C26H22N2O5. The van der Waals surface area contributed by atoms with Gasteiger partial charge in [0.2, 0.25) is 0 Å². The van der Waals surface area contributed by atoms with E-state index in [1.54, 1.807) is 37.5 Å². The third kappa shape index (κ3) is 6.07. The molecule has 4 aromatic rings. The highest BCUT2D eigenvalue weighted by atomic mass is 16.5. The summed E-state index contributed by atoms with van der Waals surface area (Å²) in [7, 11) is 1.55. The summed E-state index contributed by atoms with van der Waals surface area (Å²) in [5, 5.41) is 7.96. The van der Waals surface area contributed by atoms with Gasteiger partial charge in [-0.3, -0.25) is 4.79 Å². The van der Waals surface area contributed by atoms with Gasteiger partial charge in [0.1, 0.15) is 5.75 Å². The fraction of sp³-hybridized carbons (Fsp3) is 0.115. The minimum absolute atomic E-state index is 0.0710. The Morgan fingerprint density at radius 2 is 1.52 bits per heavy atom. The van der Waals surface area contributed by atoms with Gasteiger partial charge >= 0.3 is 0 Å². The molecule has 0 saturated carbocycles. The van der Waals surface area contributed by atoms with Crippen molar-refractivity contribution in [3.8, 4) is 17.2 Å². The maximum atomic E-state index is 12.3. The molecule has 166 valence electrons. The minimum Gasteiger partial charge on any atom is -0.493 e. The highest BCUT2D eigenvalue weighted by molar-refractivity contribution is 6.06. The smallest absolute Gasteiger partial charge is 0.254 e. The molecule has 7 heteroatoms. The van der Waals surface area contributed by atoms with E-state index < -0.39 is 0 Å². The number of nitrogens with zero attached hydrogens (tertiary/aromatic N) is 2. The first kappa shape index (κ1) is 21.8. The number of methoxy groups -OCH3 is 1. The van der Waals surface area contributed by atoms with Gasteiger partial charge in [-0.2, -0.15) is 0 Å². The summed E-state index contributed by atoms with van der Waals surface area (Å²) in [5.41, 5.74) is 1.44. The van der Waals surface area contributed by atoms with Gasteiger partial charge in [0, 0.05) is 5.56 Å². The monoisotopic (exact) mass is 442 g/mol. The first-order valence-corrected chi connectivity index (χ1v) is 10.3. The molecule has 0 aliphatic rings. The van der Waals surface area contributed by atoms with Crippen molar-refractivity contribution in [2.75, 3.05) is 7.11 Å². The number of carbonyl (C=O) groups excluding carboxylic acids is 1. The van der Waals surface area contributed by atoms with E-state index in [-0.39, 0.29) is 19.0 Å². The van der Waals surface area contributed by atoms with Gasteiger partial charge in [0.25, 0.3) is 11.8 Å². The number of hydrogen-bond donors (Lipinski definition) is 0. The van der Waals surface area contributed by atoms with Crippen molar-refractivity contribution in [1.29, 1.82) is 0 Å². The Morgan fingerprint density at radius 3 is 2.21 bits per heavy atom. The second kappa shape index (κ2) is 10.8. The normalized spacial score (nSPS) is 10.8. The molecule has 0 aliphatic carbocycles. The summed E-state index contributed by atoms with van der Waals surface area (Å²) < 4.78 is 22.4. The average Bonchev–Trinajstić information content (AvgIpc) is 3.34. The molecule has 0 bridgehead atoms.